The van der Waals surface area contributed by atoms with Crippen LogP contribution in [0.15, 0.2) is 89.5 Å². The molecule has 26 heavy (non-hydrogen) atoms. The molecule has 3 nitrogen and oxygen atoms in total. The maximum absolute atomic E-state index is 6.26. The lowest BCUT2D eigenvalue weighted by Crippen LogP contribution is -2.52. The third-order valence-corrected chi connectivity index (χ3v) is 4.86. The SMILES string of the molecule is Clc1cc(Br)cc(N2C=C(c3ccccc3)CN(c3ccccc3)N2)c1. The lowest BCUT2D eigenvalue weighted by Gasteiger charge is -2.37. The van der Waals surface area contributed by atoms with Gasteiger partial charge in [-0.2, -0.15) is 0 Å². The van der Waals surface area contributed by atoms with Gasteiger partial charge in [-0.1, -0.05) is 76.1 Å². The van der Waals surface area contributed by atoms with Gasteiger partial charge < -0.3 is 0 Å². The van der Waals surface area contributed by atoms with Crippen LogP contribution < -0.4 is 15.6 Å². The molecular weight excluding hydrogens is 410 g/mol. The molecule has 1 aliphatic heterocycles. The topological polar surface area (TPSA) is 18.5 Å². The number of benzene rings is 3. The number of hydrogen-bond acceptors (Lipinski definition) is 3. The standard InChI is InChI=1S/C21H17BrClN3/c22-18-11-19(23)13-21(12-18)26-15-17(16-7-3-1-4-8-16)14-25(24-26)20-9-5-2-6-10-20/h1-13,15,24H,14H2. The van der Waals surface area contributed by atoms with Crippen LogP contribution in [-0.2, 0) is 0 Å². The minimum Gasteiger partial charge on any atom is -0.286 e. The maximum atomic E-state index is 6.26. The van der Waals surface area contributed by atoms with Crippen LogP contribution in [0, 0.1) is 0 Å². The fourth-order valence-electron chi connectivity index (χ4n) is 2.95. The minimum atomic E-state index is 0.683. The normalized spacial score (nSPS) is 14.3. The summed E-state index contributed by atoms with van der Waals surface area (Å²) < 4.78 is 0.938. The van der Waals surface area contributed by atoms with E-state index in [0.29, 0.717) is 5.02 Å². The lowest BCUT2D eigenvalue weighted by atomic mass is 10.1. The molecule has 0 amide bonds. The van der Waals surface area contributed by atoms with E-state index in [1.165, 1.54) is 11.1 Å². The predicted molar refractivity (Wildman–Crippen MR) is 113 cm³/mol. The number of anilines is 2. The van der Waals surface area contributed by atoms with Gasteiger partial charge in [0.15, 0.2) is 0 Å². The van der Waals surface area contributed by atoms with E-state index in [4.69, 9.17) is 11.6 Å². The molecule has 0 saturated carbocycles. The van der Waals surface area contributed by atoms with Gasteiger partial charge >= 0.3 is 0 Å². The van der Waals surface area contributed by atoms with E-state index in [1.54, 1.807) is 0 Å². The van der Waals surface area contributed by atoms with E-state index in [1.807, 2.05) is 47.5 Å². The molecule has 3 aromatic carbocycles. The zero-order valence-corrected chi connectivity index (χ0v) is 16.3. The average molecular weight is 427 g/mol. The highest BCUT2D eigenvalue weighted by atomic mass is 79.9. The van der Waals surface area contributed by atoms with E-state index in [-0.39, 0.29) is 0 Å². The fraction of sp³-hybridized carbons (Fsp3) is 0.0476. The molecule has 4 rings (SSSR count). The second-order valence-corrected chi connectivity index (χ2v) is 7.39. The van der Waals surface area contributed by atoms with Crippen molar-refractivity contribution < 1.29 is 0 Å². The van der Waals surface area contributed by atoms with Crippen LogP contribution in [-0.4, -0.2) is 6.54 Å². The summed E-state index contributed by atoms with van der Waals surface area (Å²) in [5, 5.41) is 4.80. The number of nitrogens with zero attached hydrogens (tertiary/aromatic N) is 2. The van der Waals surface area contributed by atoms with Gasteiger partial charge in [0, 0.05) is 15.7 Å². The van der Waals surface area contributed by atoms with Crippen molar-refractivity contribution in [1.29, 1.82) is 0 Å². The highest BCUT2D eigenvalue weighted by Gasteiger charge is 2.20. The monoisotopic (exact) mass is 425 g/mol. The number of nitrogens with one attached hydrogen (secondary N) is 1. The van der Waals surface area contributed by atoms with Gasteiger partial charge in [0.1, 0.15) is 0 Å². The van der Waals surface area contributed by atoms with Crippen LogP contribution in [0.2, 0.25) is 5.02 Å². The minimum absolute atomic E-state index is 0.683. The Morgan fingerprint density at radius 1 is 0.846 bits per heavy atom. The van der Waals surface area contributed by atoms with E-state index < -0.39 is 0 Å². The third kappa shape index (κ3) is 3.78. The van der Waals surface area contributed by atoms with Crippen LogP contribution in [0.1, 0.15) is 5.56 Å². The number of halogens is 2. The molecule has 0 aliphatic carbocycles. The molecule has 3 aromatic rings. The first-order valence-corrected chi connectivity index (χ1v) is 9.46. The van der Waals surface area contributed by atoms with Gasteiger partial charge in [0.25, 0.3) is 0 Å². The quantitative estimate of drug-likeness (QED) is 0.563. The average Bonchev–Trinajstić information content (AvgIpc) is 2.68. The molecule has 0 unspecified atom stereocenters. The van der Waals surface area contributed by atoms with Crippen molar-refractivity contribution in [3.63, 3.8) is 0 Å². The zero-order chi connectivity index (χ0) is 17.9. The van der Waals surface area contributed by atoms with Crippen molar-refractivity contribution >= 4 is 44.5 Å². The highest BCUT2D eigenvalue weighted by molar-refractivity contribution is 9.10. The smallest absolute Gasteiger partial charge is 0.0633 e. The third-order valence-electron chi connectivity index (χ3n) is 4.18. The largest absolute Gasteiger partial charge is 0.286 e. The first kappa shape index (κ1) is 17.2. The Kier molecular flexibility index (Phi) is 4.98. The Labute approximate surface area is 166 Å². The van der Waals surface area contributed by atoms with Crippen LogP contribution in [0.4, 0.5) is 11.4 Å². The van der Waals surface area contributed by atoms with E-state index in [2.05, 4.69) is 69.1 Å². The van der Waals surface area contributed by atoms with Crippen molar-refractivity contribution in [3.05, 3.63) is 100 Å². The summed E-state index contributed by atoms with van der Waals surface area (Å²) in [6.45, 7) is 0.756. The van der Waals surface area contributed by atoms with E-state index >= 15 is 0 Å². The summed E-state index contributed by atoms with van der Waals surface area (Å²) in [5.74, 6) is 0. The molecule has 0 spiro atoms. The first-order chi connectivity index (χ1) is 12.7. The number of hydrogen-bond donors (Lipinski definition) is 1. The van der Waals surface area contributed by atoms with E-state index in [9.17, 15) is 0 Å². The molecule has 0 radical (unpaired) electrons. The molecular formula is C21H17BrClN3. The Balaban J connectivity index is 1.76. The van der Waals surface area contributed by atoms with Gasteiger partial charge in [-0.25, -0.2) is 0 Å². The van der Waals surface area contributed by atoms with Crippen LogP contribution in [0.25, 0.3) is 5.57 Å². The van der Waals surface area contributed by atoms with Crippen molar-refractivity contribution in [2.24, 2.45) is 0 Å². The molecule has 1 aliphatic rings. The maximum Gasteiger partial charge on any atom is 0.0633 e. The van der Waals surface area contributed by atoms with Gasteiger partial charge in [-0.3, -0.25) is 10.0 Å². The number of para-hydroxylation sites is 1. The van der Waals surface area contributed by atoms with Gasteiger partial charge in [0.05, 0.1) is 17.9 Å². The van der Waals surface area contributed by atoms with Crippen molar-refractivity contribution in [2.75, 3.05) is 16.6 Å². The summed E-state index contributed by atoms with van der Waals surface area (Å²) in [6, 6.07) is 26.6. The Morgan fingerprint density at radius 2 is 1.54 bits per heavy atom. The molecule has 0 aromatic heterocycles. The number of rotatable bonds is 3. The van der Waals surface area contributed by atoms with Crippen molar-refractivity contribution in [1.82, 2.24) is 5.53 Å². The summed E-state index contributed by atoms with van der Waals surface area (Å²) in [7, 11) is 0. The molecule has 0 bridgehead atoms. The van der Waals surface area contributed by atoms with Gasteiger partial charge in [0.2, 0.25) is 0 Å². The summed E-state index contributed by atoms with van der Waals surface area (Å²) in [5.41, 5.74) is 7.91. The molecule has 0 fully saturated rings. The predicted octanol–water partition coefficient (Wildman–Crippen LogP) is 5.89. The Bertz CT molecular complexity index is 908. The fourth-order valence-corrected chi connectivity index (χ4v) is 3.79. The molecule has 130 valence electrons. The van der Waals surface area contributed by atoms with E-state index in [0.717, 1.165) is 22.4 Å². The Hall–Kier alpha value is -2.27. The molecule has 1 heterocycles. The molecule has 5 heteroatoms. The molecule has 0 saturated heterocycles. The van der Waals surface area contributed by atoms with Crippen LogP contribution in [0.5, 0.6) is 0 Å². The van der Waals surface area contributed by atoms with Gasteiger partial charge in [-0.15, -0.1) is 5.53 Å². The van der Waals surface area contributed by atoms with Crippen molar-refractivity contribution in [3.8, 4) is 0 Å². The van der Waals surface area contributed by atoms with Crippen LogP contribution in [0.3, 0.4) is 0 Å². The lowest BCUT2D eigenvalue weighted by molar-refractivity contribution is 0.645. The summed E-state index contributed by atoms with van der Waals surface area (Å²) in [6.07, 6.45) is 2.12. The van der Waals surface area contributed by atoms with Gasteiger partial charge in [-0.05, 0) is 41.5 Å². The van der Waals surface area contributed by atoms with Crippen LogP contribution >= 0.6 is 27.5 Å². The second-order valence-electron chi connectivity index (χ2n) is 6.04. The summed E-state index contributed by atoms with van der Waals surface area (Å²) in [4.78, 5) is 0. The summed E-state index contributed by atoms with van der Waals surface area (Å²) >= 11 is 9.78. The highest BCUT2D eigenvalue weighted by Crippen LogP contribution is 2.29. The van der Waals surface area contributed by atoms with Crippen molar-refractivity contribution in [2.45, 2.75) is 0 Å². The number of hydrazine groups is 2. The Morgan fingerprint density at radius 3 is 2.23 bits per heavy atom. The molecule has 0 atom stereocenters. The first-order valence-electron chi connectivity index (χ1n) is 8.29. The molecule has 1 N–H and O–H groups in total. The second kappa shape index (κ2) is 7.54. The zero-order valence-electron chi connectivity index (χ0n) is 13.9.